The fraction of sp³-hybridized carbons (Fsp3) is 0.350. The summed E-state index contributed by atoms with van der Waals surface area (Å²) in [4.78, 5) is 16.4. The fourth-order valence-electron chi connectivity index (χ4n) is 3.19. The highest BCUT2D eigenvalue weighted by Gasteiger charge is 2.35. The molecule has 1 heterocycles. The third-order valence-electron chi connectivity index (χ3n) is 4.73. The Bertz CT molecular complexity index is 764. The van der Waals surface area contributed by atoms with Crippen LogP contribution in [0, 0.1) is 5.82 Å². The number of β-amino-alcohol motifs (C(OH)–C–C–N with tert-alkyl or cyclic N) is 1. The number of benzene rings is 2. The molecule has 2 atom stereocenters. The number of hydrogen-bond donors (Lipinski definition) is 2. The number of hydrogen-bond acceptors (Lipinski definition) is 4. The molecule has 3 rings (SSSR count). The molecule has 5 nitrogen and oxygen atoms in total. The molecular formula is C20H24FN3O2. The zero-order valence-electron chi connectivity index (χ0n) is 15.0. The van der Waals surface area contributed by atoms with Gasteiger partial charge < -0.3 is 20.2 Å². The molecule has 0 aromatic heterocycles. The van der Waals surface area contributed by atoms with E-state index in [1.54, 1.807) is 29.2 Å². The summed E-state index contributed by atoms with van der Waals surface area (Å²) >= 11 is 0. The number of aliphatic hydroxyl groups is 1. The maximum absolute atomic E-state index is 13.0. The van der Waals surface area contributed by atoms with E-state index in [4.69, 9.17) is 0 Å². The molecule has 6 heteroatoms. The SMILES string of the molecule is CN(C)[C@@H]1CN(C(=O)c2cccc(NCc3ccc(F)cc3)c2)C[C@H]1O. The number of rotatable bonds is 5. The zero-order chi connectivity index (χ0) is 18.7. The molecule has 2 aromatic carbocycles. The van der Waals surface area contributed by atoms with Crippen molar-refractivity contribution in [3.05, 3.63) is 65.5 Å². The van der Waals surface area contributed by atoms with Gasteiger partial charge in [0, 0.05) is 30.9 Å². The minimum absolute atomic E-state index is 0.0428. The normalized spacial score (nSPS) is 19.8. The number of likely N-dealkylation sites (tertiary alicyclic amines) is 1. The summed E-state index contributed by atoms with van der Waals surface area (Å²) in [5, 5.41) is 13.4. The van der Waals surface area contributed by atoms with Crippen LogP contribution in [0.25, 0.3) is 0 Å². The molecule has 2 aromatic rings. The average molecular weight is 357 g/mol. The van der Waals surface area contributed by atoms with Gasteiger partial charge in [-0.2, -0.15) is 0 Å². The summed E-state index contributed by atoms with van der Waals surface area (Å²) in [6, 6.07) is 13.6. The van der Waals surface area contributed by atoms with Crippen LogP contribution < -0.4 is 5.32 Å². The first-order valence-corrected chi connectivity index (χ1v) is 8.66. The van der Waals surface area contributed by atoms with Crippen molar-refractivity contribution in [1.82, 2.24) is 9.80 Å². The molecule has 1 fully saturated rings. The van der Waals surface area contributed by atoms with Gasteiger partial charge in [0.15, 0.2) is 0 Å². The smallest absolute Gasteiger partial charge is 0.254 e. The van der Waals surface area contributed by atoms with Crippen LogP contribution in [-0.4, -0.2) is 60.1 Å². The van der Waals surface area contributed by atoms with Gasteiger partial charge >= 0.3 is 0 Å². The lowest BCUT2D eigenvalue weighted by atomic mass is 10.1. The van der Waals surface area contributed by atoms with Crippen molar-refractivity contribution in [2.75, 3.05) is 32.5 Å². The predicted molar refractivity (Wildman–Crippen MR) is 99.6 cm³/mol. The summed E-state index contributed by atoms with van der Waals surface area (Å²) in [6.45, 7) is 1.40. The second-order valence-electron chi connectivity index (χ2n) is 6.87. The largest absolute Gasteiger partial charge is 0.390 e. The maximum atomic E-state index is 13.0. The summed E-state index contributed by atoms with van der Waals surface area (Å²) in [5.74, 6) is -0.344. The Labute approximate surface area is 153 Å². The quantitative estimate of drug-likeness (QED) is 0.861. The Morgan fingerprint density at radius 2 is 1.96 bits per heavy atom. The molecule has 0 spiro atoms. The molecule has 0 aliphatic carbocycles. The van der Waals surface area contributed by atoms with E-state index in [0.29, 0.717) is 25.2 Å². The van der Waals surface area contributed by atoms with Crippen molar-refractivity contribution in [3.63, 3.8) is 0 Å². The lowest BCUT2D eigenvalue weighted by Crippen LogP contribution is -2.38. The van der Waals surface area contributed by atoms with Gasteiger partial charge in [-0.1, -0.05) is 18.2 Å². The van der Waals surface area contributed by atoms with Gasteiger partial charge in [-0.25, -0.2) is 4.39 Å². The van der Waals surface area contributed by atoms with Crippen LogP contribution in [-0.2, 0) is 6.54 Å². The first-order chi connectivity index (χ1) is 12.4. The maximum Gasteiger partial charge on any atom is 0.254 e. The summed E-state index contributed by atoms with van der Waals surface area (Å²) in [7, 11) is 3.81. The van der Waals surface area contributed by atoms with Crippen LogP contribution in [0.15, 0.2) is 48.5 Å². The number of nitrogens with one attached hydrogen (secondary N) is 1. The predicted octanol–water partition coefficient (Wildman–Crippen LogP) is 2.18. The molecule has 1 saturated heterocycles. The number of carbonyl (C=O) groups is 1. The first-order valence-electron chi connectivity index (χ1n) is 8.66. The minimum Gasteiger partial charge on any atom is -0.390 e. The highest BCUT2D eigenvalue weighted by atomic mass is 19.1. The standard InChI is InChI=1S/C20H24FN3O2/c1-23(2)18-12-24(13-19(18)25)20(26)15-4-3-5-17(10-15)22-11-14-6-8-16(21)9-7-14/h3-10,18-19,22,25H,11-13H2,1-2H3/t18-,19-/m1/s1. The van der Waals surface area contributed by atoms with Gasteiger partial charge in [-0.3, -0.25) is 4.79 Å². The monoisotopic (exact) mass is 357 g/mol. The number of aliphatic hydroxyl groups excluding tert-OH is 1. The van der Waals surface area contributed by atoms with Crippen molar-refractivity contribution >= 4 is 11.6 Å². The van der Waals surface area contributed by atoms with E-state index >= 15 is 0 Å². The number of amides is 1. The zero-order valence-corrected chi connectivity index (χ0v) is 15.0. The van der Waals surface area contributed by atoms with Gasteiger partial charge in [0.05, 0.1) is 12.1 Å². The van der Waals surface area contributed by atoms with E-state index in [-0.39, 0.29) is 17.8 Å². The van der Waals surface area contributed by atoms with Crippen LogP contribution in [0.3, 0.4) is 0 Å². The third kappa shape index (κ3) is 4.20. The first kappa shape index (κ1) is 18.4. The summed E-state index contributed by atoms with van der Waals surface area (Å²) in [6.07, 6.45) is -0.534. The highest BCUT2D eigenvalue weighted by molar-refractivity contribution is 5.95. The van der Waals surface area contributed by atoms with Crippen LogP contribution in [0.5, 0.6) is 0 Å². The van der Waals surface area contributed by atoms with Crippen LogP contribution >= 0.6 is 0 Å². The van der Waals surface area contributed by atoms with E-state index < -0.39 is 6.10 Å². The second kappa shape index (κ2) is 7.85. The summed E-state index contributed by atoms with van der Waals surface area (Å²) in [5.41, 5.74) is 2.37. The average Bonchev–Trinajstić information content (AvgIpc) is 3.03. The van der Waals surface area contributed by atoms with Crippen LogP contribution in [0.2, 0.25) is 0 Å². The molecule has 1 aliphatic heterocycles. The molecule has 0 unspecified atom stereocenters. The van der Waals surface area contributed by atoms with Crippen molar-refractivity contribution in [3.8, 4) is 0 Å². The van der Waals surface area contributed by atoms with E-state index in [9.17, 15) is 14.3 Å². The molecule has 0 radical (unpaired) electrons. The molecule has 0 saturated carbocycles. The van der Waals surface area contributed by atoms with Crippen molar-refractivity contribution < 1.29 is 14.3 Å². The number of anilines is 1. The van der Waals surface area contributed by atoms with Gasteiger partial charge in [-0.15, -0.1) is 0 Å². The Balaban J connectivity index is 1.65. The lowest BCUT2D eigenvalue weighted by molar-refractivity contribution is 0.0764. The molecule has 1 aliphatic rings. The Morgan fingerprint density at radius 1 is 1.23 bits per heavy atom. The van der Waals surface area contributed by atoms with Gasteiger partial charge in [0.25, 0.3) is 5.91 Å². The molecule has 1 amide bonds. The lowest BCUT2D eigenvalue weighted by Gasteiger charge is -2.21. The summed E-state index contributed by atoms with van der Waals surface area (Å²) < 4.78 is 13.0. The van der Waals surface area contributed by atoms with E-state index in [0.717, 1.165) is 11.3 Å². The Hall–Kier alpha value is -2.44. The third-order valence-corrected chi connectivity index (χ3v) is 4.73. The van der Waals surface area contributed by atoms with E-state index in [2.05, 4.69) is 5.32 Å². The Morgan fingerprint density at radius 3 is 2.62 bits per heavy atom. The molecule has 138 valence electrons. The van der Waals surface area contributed by atoms with Crippen LogP contribution in [0.1, 0.15) is 15.9 Å². The highest BCUT2D eigenvalue weighted by Crippen LogP contribution is 2.19. The van der Waals surface area contributed by atoms with Crippen LogP contribution in [0.4, 0.5) is 10.1 Å². The number of likely N-dealkylation sites (N-methyl/N-ethyl adjacent to an activating group) is 1. The number of halogens is 1. The number of carbonyl (C=O) groups excluding carboxylic acids is 1. The molecular weight excluding hydrogens is 333 g/mol. The fourth-order valence-corrected chi connectivity index (χ4v) is 3.19. The minimum atomic E-state index is -0.534. The molecule has 26 heavy (non-hydrogen) atoms. The van der Waals surface area contributed by atoms with Gasteiger partial charge in [0.1, 0.15) is 5.82 Å². The molecule has 2 N–H and O–H groups in total. The van der Waals surface area contributed by atoms with E-state index in [1.165, 1.54) is 12.1 Å². The van der Waals surface area contributed by atoms with Crippen molar-refractivity contribution in [2.24, 2.45) is 0 Å². The van der Waals surface area contributed by atoms with Gasteiger partial charge in [-0.05, 0) is 50.0 Å². The molecule has 0 bridgehead atoms. The Kier molecular flexibility index (Phi) is 5.54. The van der Waals surface area contributed by atoms with E-state index in [1.807, 2.05) is 31.1 Å². The topological polar surface area (TPSA) is 55.8 Å². The van der Waals surface area contributed by atoms with Crippen molar-refractivity contribution in [2.45, 2.75) is 18.7 Å². The van der Waals surface area contributed by atoms with Crippen molar-refractivity contribution in [1.29, 1.82) is 0 Å². The second-order valence-corrected chi connectivity index (χ2v) is 6.87. The number of nitrogens with zero attached hydrogens (tertiary/aromatic N) is 2. The van der Waals surface area contributed by atoms with Gasteiger partial charge in [0.2, 0.25) is 0 Å².